The summed E-state index contributed by atoms with van der Waals surface area (Å²) in [6.45, 7) is 2.31. The zero-order valence-electron chi connectivity index (χ0n) is 14.3. The Bertz CT molecular complexity index is 607. The summed E-state index contributed by atoms with van der Waals surface area (Å²) in [6.07, 6.45) is 8.32. The number of nitrogens with one attached hydrogen (secondary N) is 1. The number of rotatable bonds is 3. The van der Waals surface area contributed by atoms with Crippen LogP contribution in [0.2, 0.25) is 0 Å². The number of esters is 1. The number of anilines is 1. The minimum absolute atomic E-state index is 0.0114. The highest BCUT2D eigenvalue weighted by atomic mass is 16.5. The standard InChI is InChI=1S/C19H26N2O3/c1-14-9-10-17-16(11-14)21(13-19(23)24-17)12-18(22)20-15-7-5-3-2-4-6-8-15/h9-11,15H,2-8,12-13H2,1H3,(H,20,22). The van der Waals surface area contributed by atoms with Crippen molar-refractivity contribution in [1.29, 1.82) is 0 Å². The molecule has 0 atom stereocenters. The van der Waals surface area contributed by atoms with Gasteiger partial charge in [0.25, 0.3) is 0 Å². The Morgan fingerprint density at radius 2 is 1.92 bits per heavy atom. The van der Waals surface area contributed by atoms with Gasteiger partial charge in [0.05, 0.1) is 12.2 Å². The second-order valence-corrected chi connectivity index (χ2v) is 6.91. The predicted octanol–water partition coefficient (Wildman–Crippen LogP) is 2.95. The number of ether oxygens (including phenoxy) is 1. The maximum Gasteiger partial charge on any atom is 0.331 e. The van der Waals surface area contributed by atoms with Crippen LogP contribution >= 0.6 is 0 Å². The van der Waals surface area contributed by atoms with Crippen molar-refractivity contribution in [3.63, 3.8) is 0 Å². The van der Waals surface area contributed by atoms with E-state index in [0.29, 0.717) is 5.75 Å². The van der Waals surface area contributed by atoms with Crippen LogP contribution in [0.4, 0.5) is 5.69 Å². The van der Waals surface area contributed by atoms with Crippen LogP contribution in [-0.2, 0) is 9.59 Å². The van der Waals surface area contributed by atoms with Crippen molar-refractivity contribution in [3.8, 4) is 5.75 Å². The molecule has 5 nitrogen and oxygen atoms in total. The van der Waals surface area contributed by atoms with Crippen molar-refractivity contribution in [2.24, 2.45) is 0 Å². The van der Waals surface area contributed by atoms with Gasteiger partial charge in [-0.05, 0) is 37.5 Å². The number of carbonyl (C=O) groups excluding carboxylic acids is 2. The summed E-state index contributed by atoms with van der Waals surface area (Å²) in [5, 5.41) is 3.16. The van der Waals surface area contributed by atoms with Crippen molar-refractivity contribution < 1.29 is 14.3 Å². The Balaban J connectivity index is 1.63. The zero-order valence-corrected chi connectivity index (χ0v) is 14.3. The Kier molecular flexibility index (Phi) is 5.38. The monoisotopic (exact) mass is 330 g/mol. The summed E-state index contributed by atoms with van der Waals surface area (Å²) in [5.41, 5.74) is 1.90. The fourth-order valence-electron chi connectivity index (χ4n) is 3.54. The molecule has 1 fully saturated rings. The lowest BCUT2D eigenvalue weighted by Gasteiger charge is -2.30. The van der Waals surface area contributed by atoms with Crippen molar-refractivity contribution in [3.05, 3.63) is 23.8 Å². The van der Waals surface area contributed by atoms with E-state index in [9.17, 15) is 9.59 Å². The molecule has 1 aromatic rings. The summed E-state index contributed by atoms with van der Waals surface area (Å²) in [6, 6.07) is 5.93. The first-order chi connectivity index (χ1) is 11.6. The van der Waals surface area contributed by atoms with Gasteiger partial charge in [-0.15, -0.1) is 0 Å². The molecule has 1 saturated carbocycles. The van der Waals surface area contributed by atoms with Crippen LogP contribution in [0.15, 0.2) is 18.2 Å². The fourth-order valence-corrected chi connectivity index (χ4v) is 3.54. The molecular formula is C19H26N2O3. The Morgan fingerprint density at radius 1 is 1.21 bits per heavy atom. The average Bonchev–Trinajstić information content (AvgIpc) is 2.50. The predicted molar refractivity (Wildman–Crippen MR) is 93.3 cm³/mol. The molecule has 0 aromatic heterocycles. The van der Waals surface area contributed by atoms with Crippen molar-refractivity contribution in [2.75, 3.05) is 18.0 Å². The zero-order chi connectivity index (χ0) is 16.9. The molecule has 5 heteroatoms. The van der Waals surface area contributed by atoms with Gasteiger partial charge in [-0.2, -0.15) is 0 Å². The molecule has 0 bridgehead atoms. The van der Waals surface area contributed by atoms with Crippen LogP contribution in [0.1, 0.15) is 50.5 Å². The molecular weight excluding hydrogens is 304 g/mol. The SMILES string of the molecule is Cc1ccc2c(c1)N(CC(=O)NC1CCCCCCC1)CC(=O)O2. The minimum Gasteiger partial charge on any atom is -0.423 e. The second kappa shape index (κ2) is 7.69. The third-order valence-electron chi connectivity index (χ3n) is 4.80. The van der Waals surface area contributed by atoms with Crippen molar-refractivity contribution in [2.45, 2.75) is 57.9 Å². The Hall–Kier alpha value is -2.04. The molecule has 1 aliphatic heterocycles. The molecule has 130 valence electrons. The van der Waals surface area contributed by atoms with Gasteiger partial charge in [0.1, 0.15) is 6.54 Å². The summed E-state index contributed by atoms with van der Waals surface area (Å²) >= 11 is 0. The molecule has 1 aromatic carbocycles. The van der Waals surface area contributed by atoms with Crippen LogP contribution in [0.3, 0.4) is 0 Å². The number of hydrogen-bond acceptors (Lipinski definition) is 4. The number of hydrogen-bond donors (Lipinski definition) is 1. The molecule has 3 rings (SSSR count). The van der Waals surface area contributed by atoms with Crippen LogP contribution in [0, 0.1) is 6.92 Å². The normalized spacial score (nSPS) is 19.0. The lowest BCUT2D eigenvalue weighted by Crippen LogP contribution is -2.46. The third kappa shape index (κ3) is 4.28. The highest BCUT2D eigenvalue weighted by Gasteiger charge is 2.26. The van der Waals surface area contributed by atoms with Gasteiger partial charge in [0, 0.05) is 6.04 Å². The maximum absolute atomic E-state index is 12.5. The van der Waals surface area contributed by atoms with Crippen molar-refractivity contribution >= 4 is 17.6 Å². The van der Waals surface area contributed by atoms with Gasteiger partial charge in [-0.25, -0.2) is 4.79 Å². The van der Waals surface area contributed by atoms with E-state index >= 15 is 0 Å². The third-order valence-corrected chi connectivity index (χ3v) is 4.80. The van der Waals surface area contributed by atoms with Crippen LogP contribution in [-0.4, -0.2) is 31.0 Å². The highest BCUT2D eigenvalue weighted by Crippen LogP contribution is 2.32. The average molecular weight is 330 g/mol. The molecule has 0 unspecified atom stereocenters. The lowest BCUT2D eigenvalue weighted by molar-refractivity contribution is -0.133. The van der Waals surface area contributed by atoms with E-state index in [-0.39, 0.29) is 31.0 Å². The van der Waals surface area contributed by atoms with E-state index < -0.39 is 0 Å². The summed E-state index contributed by atoms with van der Waals surface area (Å²) in [5.74, 6) is 0.212. The number of benzene rings is 1. The van der Waals surface area contributed by atoms with Crippen molar-refractivity contribution in [1.82, 2.24) is 5.32 Å². The van der Waals surface area contributed by atoms with Gasteiger partial charge < -0.3 is 15.0 Å². The first-order valence-electron chi connectivity index (χ1n) is 8.97. The first-order valence-corrected chi connectivity index (χ1v) is 8.97. The maximum atomic E-state index is 12.5. The summed E-state index contributed by atoms with van der Waals surface area (Å²) in [4.78, 5) is 26.1. The molecule has 1 N–H and O–H groups in total. The van der Waals surface area contributed by atoms with E-state index in [1.54, 1.807) is 6.07 Å². The first kappa shape index (κ1) is 16.8. The molecule has 0 radical (unpaired) electrons. The molecule has 24 heavy (non-hydrogen) atoms. The summed E-state index contributed by atoms with van der Waals surface area (Å²) < 4.78 is 5.27. The number of nitrogens with zero attached hydrogens (tertiary/aromatic N) is 1. The second-order valence-electron chi connectivity index (χ2n) is 6.91. The van der Waals surface area contributed by atoms with Gasteiger partial charge in [0.15, 0.2) is 5.75 Å². The van der Waals surface area contributed by atoms with Crippen LogP contribution in [0.5, 0.6) is 5.75 Å². The molecule has 1 heterocycles. The molecule has 2 aliphatic rings. The molecule has 1 amide bonds. The largest absolute Gasteiger partial charge is 0.423 e. The van der Waals surface area contributed by atoms with E-state index in [2.05, 4.69) is 5.32 Å². The minimum atomic E-state index is -0.315. The number of aryl methyl sites for hydroxylation is 1. The van der Waals surface area contributed by atoms with E-state index in [1.165, 1.54) is 32.1 Å². The fraction of sp³-hybridized carbons (Fsp3) is 0.579. The van der Waals surface area contributed by atoms with E-state index in [1.807, 2.05) is 24.0 Å². The van der Waals surface area contributed by atoms with Gasteiger partial charge in [0.2, 0.25) is 5.91 Å². The lowest BCUT2D eigenvalue weighted by atomic mass is 9.97. The smallest absolute Gasteiger partial charge is 0.331 e. The quantitative estimate of drug-likeness (QED) is 0.684. The number of amides is 1. The number of fused-ring (bicyclic) bond motifs is 1. The van der Waals surface area contributed by atoms with Crippen LogP contribution in [0.25, 0.3) is 0 Å². The molecule has 0 spiro atoms. The van der Waals surface area contributed by atoms with Gasteiger partial charge in [-0.3, -0.25) is 4.79 Å². The highest BCUT2D eigenvalue weighted by molar-refractivity contribution is 5.89. The number of carbonyl (C=O) groups is 2. The molecule has 0 saturated heterocycles. The summed E-state index contributed by atoms with van der Waals surface area (Å²) in [7, 11) is 0. The molecule has 1 aliphatic carbocycles. The van der Waals surface area contributed by atoms with Gasteiger partial charge >= 0.3 is 5.97 Å². The topological polar surface area (TPSA) is 58.6 Å². The van der Waals surface area contributed by atoms with Gasteiger partial charge in [-0.1, -0.05) is 38.2 Å². The Labute approximate surface area is 143 Å². The Morgan fingerprint density at radius 3 is 2.67 bits per heavy atom. The van der Waals surface area contributed by atoms with Crippen LogP contribution < -0.4 is 15.0 Å². The van der Waals surface area contributed by atoms with E-state index in [4.69, 9.17) is 4.74 Å². The van der Waals surface area contributed by atoms with E-state index in [0.717, 1.165) is 24.1 Å².